The van der Waals surface area contributed by atoms with Crippen LogP contribution in [0.2, 0.25) is 0 Å². The van der Waals surface area contributed by atoms with E-state index in [2.05, 4.69) is 0 Å². The molecule has 0 aliphatic rings. The van der Waals surface area contributed by atoms with E-state index >= 15 is 0 Å². The highest BCUT2D eigenvalue weighted by Crippen LogP contribution is 2.31. The summed E-state index contributed by atoms with van der Waals surface area (Å²) in [5.41, 5.74) is 0.101. The number of benzene rings is 1. The Labute approximate surface area is 102 Å². The summed E-state index contributed by atoms with van der Waals surface area (Å²) < 4.78 is 0.815. The predicted molar refractivity (Wildman–Crippen MR) is 66.8 cm³/mol. The molecule has 0 aliphatic carbocycles. The number of carbonyl (C=O) groups excluding carboxylic acids is 1. The van der Waals surface area contributed by atoms with Crippen molar-refractivity contribution >= 4 is 33.3 Å². The van der Waals surface area contributed by atoms with Crippen molar-refractivity contribution in [2.45, 2.75) is 0 Å². The Balaban J connectivity index is 2.74. The molecule has 1 aromatic heterocycles. The van der Waals surface area contributed by atoms with E-state index in [0.717, 1.165) is 4.70 Å². The fraction of sp³-hybridized carbons (Fsp3) is 0.167. The summed E-state index contributed by atoms with van der Waals surface area (Å²) in [6.45, 7) is 0. The van der Waals surface area contributed by atoms with E-state index in [1.54, 1.807) is 26.2 Å². The van der Waals surface area contributed by atoms with Crippen molar-refractivity contribution in [3.8, 4) is 0 Å². The van der Waals surface area contributed by atoms with Crippen LogP contribution in [-0.4, -0.2) is 36.0 Å². The van der Waals surface area contributed by atoms with Gasteiger partial charge in [-0.2, -0.15) is 0 Å². The molecule has 0 aliphatic heterocycles. The molecule has 17 heavy (non-hydrogen) atoms. The zero-order valence-corrected chi connectivity index (χ0v) is 10.2. The van der Waals surface area contributed by atoms with Crippen molar-refractivity contribution in [2.24, 2.45) is 0 Å². The summed E-state index contributed by atoms with van der Waals surface area (Å²) in [6.07, 6.45) is 0. The third kappa shape index (κ3) is 1.89. The maximum atomic E-state index is 11.9. The zero-order chi connectivity index (χ0) is 12.6. The smallest absolute Gasteiger partial charge is 0.338 e. The van der Waals surface area contributed by atoms with E-state index in [-0.39, 0.29) is 16.3 Å². The van der Waals surface area contributed by atoms with Crippen molar-refractivity contribution in [1.82, 2.24) is 4.90 Å². The molecule has 1 aromatic carbocycles. The van der Waals surface area contributed by atoms with E-state index in [1.165, 1.54) is 16.2 Å². The van der Waals surface area contributed by atoms with Gasteiger partial charge in [0.05, 0.1) is 5.56 Å². The summed E-state index contributed by atoms with van der Waals surface area (Å²) in [7, 11) is 3.22. The van der Waals surface area contributed by atoms with Crippen LogP contribution in [0.25, 0.3) is 10.1 Å². The first-order chi connectivity index (χ1) is 8.02. The summed E-state index contributed by atoms with van der Waals surface area (Å²) in [5, 5.41) is 9.84. The number of aromatic carboxylic acids is 1. The quantitative estimate of drug-likeness (QED) is 0.888. The van der Waals surface area contributed by atoms with Crippen molar-refractivity contribution in [3.05, 3.63) is 34.7 Å². The maximum Gasteiger partial charge on any atom is 0.338 e. The molecule has 1 N–H and O–H groups in total. The lowest BCUT2D eigenvalue weighted by Gasteiger charge is -2.08. The second kappa shape index (κ2) is 4.18. The van der Waals surface area contributed by atoms with Gasteiger partial charge >= 0.3 is 5.97 Å². The van der Waals surface area contributed by atoms with Gasteiger partial charge in [0.1, 0.15) is 4.88 Å². The van der Waals surface area contributed by atoms with Gasteiger partial charge < -0.3 is 10.0 Å². The molecule has 2 rings (SSSR count). The Kier molecular flexibility index (Phi) is 2.85. The van der Waals surface area contributed by atoms with Crippen LogP contribution in [-0.2, 0) is 0 Å². The van der Waals surface area contributed by atoms with Crippen LogP contribution >= 0.6 is 11.3 Å². The van der Waals surface area contributed by atoms with Gasteiger partial charge in [-0.25, -0.2) is 4.79 Å². The molecular weight excluding hydrogens is 238 g/mol. The van der Waals surface area contributed by atoms with Crippen LogP contribution in [0.15, 0.2) is 24.3 Å². The van der Waals surface area contributed by atoms with E-state index in [1.807, 2.05) is 12.1 Å². The summed E-state index contributed by atoms with van der Waals surface area (Å²) in [4.78, 5) is 24.8. The van der Waals surface area contributed by atoms with Gasteiger partial charge in [0.15, 0.2) is 0 Å². The van der Waals surface area contributed by atoms with Gasteiger partial charge in [-0.05, 0) is 6.07 Å². The molecule has 0 atom stereocenters. The van der Waals surface area contributed by atoms with Gasteiger partial charge in [0.25, 0.3) is 5.91 Å². The number of hydrogen-bond acceptors (Lipinski definition) is 3. The highest BCUT2D eigenvalue weighted by molar-refractivity contribution is 7.21. The Hall–Kier alpha value is -1.88. The van der Waals surface area contributed by atoms with Crippen molar-refractivity contribution < 1.29 is 14.7 Å². The second-order valence-electron chi connectivity index (χ2n) is 3.81. The van der Waals surface area contributed by atoms with Crippen molar-refractivity contribution in [3.63, 3.8) is 0 Å². The summed E-state index contributed by atoms with van der Waals surface area (Å²) in [5.74, 6) is -1.34. The third-order valence-electron chi connectivity index (χ3n) is 2.41. The van der Waals surface area contributed by atoms with Gasteiger partial charge in [-0.1, -0.05) is 18.2 Å². The number of fused-ring (bicyclic) bond motifs is 1. The van der Waals surface area contributed by atoms with E-state index in [9.17, 15) is 14.7 Å². The molecule has 4 nitrogen and oxygen atoms in total. The number of thiophene rings is 1. The molecular formula is C12H11NO3S. The Morgan fingerprint density at radius 1 is 1.24 bits per heavy atom. The van der Waals surface area contributed by atoms with Crippen LogP contribution in [0.4, 0.5) is 0 Å². The monoisotopic (exact) mass is 249 g/mol. The minimum absolute atomic E-state index is 0.101. The normalized spacial score (nSPS) is 10.5. The lowest BCUT2D eigenvalue weighted by molar-refractivity contribution is 0.0689. The molecule has 1 amide bonds. The number of carbonyl (C=O) groups is 2. The molecule has 0 saturated carbocycles. The highest BCUT2D eigenvalue weighted by Gasteiger charge is 2.23. The average molecular weight is 249 g/mol. The molecule has 0 unspecified atom stereocenters. The first kappa shape index (κ1) is 11.6. The second-order valence-corrected chi connectivity index (χ2v) is 4.86. The standard InChI is InChI=1S/C12H11NO3S/c1-13(2)11(14)10-9(12(15)16)7-5-3-4-6-8(7)17-10/h3-6H,1-2H3,(H,15,16). The molecule has 0 spiro atoms. The van der Waals surface area contributed by atoms with Crippen LogP contribution in [0.1, 0.15) is 20.0 Å². The third-order valence-corrected chi connectivity index (χ3v) is 3.57. The Morgan fingerprint density at radius 2 is 1.88 bits per heavy atom. The highest BCUT2D eigenvalue weighted by atomic mass is 32.1. The number of amides is 1. The minimum Gasteiger partial charge on any atom is -0.478 e. The molecule has 2 aromatic rings. The van der Waals surface area contributed by atoms with Crippen LogP contribution < -0.4 is 0 Å². The summed E-state index contributed by atoms with van der Waals surface area (Å²) >= 11 is 1.22. The topological polar surface area (TPSA) is 57.6 Å². The lowest BCUT2D eigenvalue weighted by Crippen LogP contribution is -2.22. The van der Waals surface area contributed by atoms with Gasteiger partial charge in [-0.15, -0.1) is 11.3 Å². The number of carboxylic acid groups (broad SMARTS) is 1. The van der Waals surface area contributed by atoms with Crippen molar-refractivity contribution in [2.75, 3.05) is 14.1 Å². The first-order valence-electron chi connectivity index (χ1n) is 4.99. The first-order valence-corrected chi connectivity index (χ1v) is 5.80. The predicted octanol–water partition coefficient (Wildman–Crippen LogP) is 2.30. The molecule has 88 valence electrons. The molecule has 0 fully saturated rings. The van der Waals surface area contributed by atoms with Gasteiger partial charge in [0, 0.05) is 24.2 Å². The maximum absolute atomic E-state index is 11.9. The SMILES string of the molecule is CN(C)C(=O)c1sc2ccccc2c1C(=O)O. The molecule has 5 heteroatoms. The van der Waals surface area contributed by atoms with Crippen LogP contribution in [0.3, 0.4) is 0 Å². The van der Waals surface area contributed by atoms with E-state index in [4.69, 9.17) is 0 Å². The Morgan fingerprint density at radius 3 is 2.47 bits per heavy atom. The van der Waals surface area contributed by atoms with E-state index < -0.39 is 5.97 Å². The number of carboxylic acids is 1. The molecule has 1 heterocycles. The zero-order valence-electron chi connectivity index (χ0n) is 9.43. The molecule has 0 radical (unpaired) electrons. The fourth-order valence-corrected chi connectivity index (χ4v) is 2.83. The largest absolute Gasteiger partial charge is 0.478 e. The lowest BCUT2D eigenvalue weighted by atomic mass is 10.1. The Bertz CT molecular complexity index is 601. The van der Waals surface area contributed by atoms with Gasteiger partial charge in [0.2, 0.25) is 0 Å². The van der Waals surface area contributed by atoms with Crippen LogP contribution in [0, 0.1) is 0 Å². The summed E-state index contributed by atoms with van der Waals surface area (Å²) in [6, 6.07) is 7.14. The molecule has 0 bridgehead atoms. The van der Waals surface area contributed by atoms with Gasteiger partial charge in [-0.3, -0.25) is 4.79 Å². The van der Waals surface area contributed by atoms with E-state index in [0.29, 0.717) is 5.39 Å². The number of rotatable bonds is 2. The van der Waals surface area contributed by atoms with Crippen molar-refractivity contribution in [1.29, 1.82) is 0 Å². The van der Waals surface area contributed by atoms with Crippen LogP contribution in [0.5, 0.6) is 0 Å². The number of hydrogen-bond donors (Lipinski definition) is 1. The number of nitrogens with zero attached hydrogens (tertiary/aromatic N) is 1. The fourth-order valence-electron chi connectivity index (χ4n) is 1.61. The molecule has 0 saturated heterocycles. The minimum atomic E-state index is -1.06. The average Bonchev–Trinajstić information content (AvgIpc) is 2.66.